The van der Waals surface area contributed by atoms with Crippen LogP contribution in [0.25, 0.3) is 0 Å². The summed E-state index contributed by atoms with van der Waals surface area (Å²) in [5.74, 6) is 0. The summed E-state index contributed by atoms with van der Waals surface area (Å²) >= 11 is 5.31. The highest BCUT2D eigenvalue weighted by molar-refractivity contribution is 6.68. The van der Waals surface area contributed by atoms with Gasteiger partial charge < -0.3 is 0 Å². The van der Waals surface area contributed by atoms with E-state index in [2.05, 4.69) is 0 Å². The lowest BCUT2D eigenvalue weighted by molar-refractivity contribution is 0.106. The number of hydrogen-bond donors (Lipinski definition) is 0. The van der Waals surface area contributed by atoms with Gasteiger partial charge in [-0.05, 0) is 30.2 Å². The summed E-state index contributed by atoms with van der Waals surface area (Å²) in [5, 5.41) is 7.96. The Balaban J connectivity index is 3.61. The highest BCUT2D eigenvalue weighted by atomic mass is 35.5. The number of nitriles is 1. The largest absolute Gasteiger partial charge is 0.298 e. The third kappa shape index (κ3) is 1.66. The van der Waals surface area contributed by atoms with Crippen LogP contribution in [0.1, 0.15) is 31.8 Å². The summed E-state index contributed by atoms with van der Waals surface area (Å²) in [5.41, 5.74) is 0.925. The second-order valence-electron chi connectivity index (χ2n) is 2.72. The van der Waals surface area contributed by atoms with Crippen molar-refractivity contribution in [1.82, 2.24) is 0 Å². The first-order chi connectivity index (χ1) is 6.61. The van der Waals surface area contributed by atoms with E-state index >= 15 is 0 Å². The van der Waals surface area contributed by atoms with Crippen LogP contribution in [0, 0.1) is 18.3 Å². The monoisotopic (exact) mass is 207 g/mol. The first kappa shape index (κ1) is 10.4. The van der Waals surface area contributed by atoms with Crippen LogP contribution in [0.5, 0.6) is 0 Å². The maximum atomic E-state index is 11.0. The Bertz CT molecular complexity index is 446. The molecule has 0 fully saturated rings. The molecule has 14 heavy (non-hydrogen) atoms. The van der Waals surface area contributed by atoms with Crippen LogP contribution < -0.4 is 0 Å². The third-order valence-corrected chi connectivity index (χ3v) is 2.08. The molecule has 0 radical (unpaired) electrons. The summed E-state index contributed by atoms with van der Waals surface area (Å²) in [6, 6.07) is 4.90. The second-order valence-corrected chi connectivity index (χ2v) is 3.07. The van der Waals surface area contributed by atoms with E-state index in [0.717, 1.165) is 0 Å². The van der Waals surface area contributed by atoms with Gasteiger partial charge in [0.2, 0.25) is 0 Å². The topological polar surface area (TPSA) is 57.9 Å². The van der Waals surface area contributed by atoms with Gasteiger partial charge in [0, 0.05) is 11.1 Å². The zero-order chi connectivity index (χ0) is 10.7. The van der Waals surface area contributed by atoms with Gasteiger partial charge in [0.15, 0.2) is 6.29 Å². The van der Waals surface area contributed by atoms with Crippen molar-refractivity contribution in [3.05, 3.63) is 34.4 Å². The van der Waals surface area contributed by atoms with E-state index in [-0.39, 0.29) is 16.7 Å². The minimum Gasteiger partial charge on any atom is -0.298 e. The minimum absolute atomic E-state index is 0.0625. The van der Waals surface area contributed by atoms with Crippen molar-refractivity contribution >= 4 is 23.1 Å². The van der Waals surface area contributed by atoms with Crippen LogP contribution in [0.3, 0.4) is 0 Å². The molecular formula is C10H6ClNO2. The molecule has 0 N–H and O–H groups in total. The predicted octanol–water partition coefficient (Wildman–Crippen LogP) is 2.06. The molecule has 0 bridgehead atoms. The van der Waals surface area contributed by atoms with E-state index in [1.54, 1.807) is 13.0 Å². The van der Waals surface area contributed by atoms with Gasteiger partial charge in [-0.2, -0.15) is 5.26 Å². The van der Waals surface area contributed by atoms with Gasteiger partial charge in [-0.3, -0.25) is 9.59 Å². The zero-order valence-corrected chi connectivity index (χ0v) is 8.13. The molecule has 0 atom stereocenters. The van der Waals surface area contributed by atoms with Gasteiger partial charge in [-0.15, -0.1) is 0 Å². The first-order valence-electron chi connectivity index (χ1n) is 3.80. The molecule has 0 saturated heterocycles. The number of carbonyl (C=O) groups excluding carboxylic acids is 2. The molecule has 0 spiro atoms. The molecule has 0 heterocycles. The van der Waals surface area contributed by atoms with E-state index < -0.39 is 5.24 Å². The van der Waals surface area contributed by atoms with Gasteiger partial charge in [0.1, 0.15) is 0 Å². The second kappa shape index (κ2) is 4.03. The van der Waals surface area contributed by atoms with E-state index in [4.69, 9.17) is 16.9 Å². The number of carbonyl (C=O) groups is 2. The highest BCUT2D eigenvalue weighted by Crippen LogP contribution is 2.18. The molecule has 0 aliphatic rings. The first-order valence-corrected chi connectivity index (χ1v) is 4.18. The molecule has 0 saturated carbocycles. The van der Waals surface area contributed by atoms with Gasteiger partial charge in [-0.25, -0.2) is 0 Å². The van der Waals surface area contributed by atoms with Crippen molar-refractivity contribution in [1.29, 1.82) is 5.26 Å². The van der Waals surface area contributed by atoms with E-state index in [0.29, 0.717) is 11.8 Å². The van der Waals surface area contributed by atoms with E-state index in [1.165, 1.54) is 6.07 Å². The Morgan fingerprint density at radius 2 is 2.21 bits per heavy atom. The molecule has 1 aromatic carbocycles. The van der Waals surface area contributed by atoms with Crippen LogP contribution in [-0.2, 0) is 0 Å². The van der Waals surface area contributed by atoms with Crippen LogP contribution in [-0.4, -0.2) is 11.5 Å². The van der Waals surface area contributed by atoms with E-state index in [1.807, 2.05) is 6.07 Å². The maximum absolute atomic E-state index is 11.0. The van der Waals surface area contributed by atoms with Crippen LogP contribution >= 0.6 is 11.6 Å². The van der Waals surface area contributed by atoms with Gasteiger partial charge in [0.25, 0.3) is 5.24 Å². The Morgan fingerprint density at radius 3 is 2.64 bits per heavy atom. The number of rotatable bonds is 2. The fraction of sp³-hybridized carbons (Fsp3) is 0.100. The standard InChI is InChI=1S/C10H6ClNO2/c1-6-2-3-7(4-12)8(5-13)9(6)10(11)14/h2-3,5H,1H3. The number of benzene rings is 1. The molecule has 0 unspecified atom stereocenters. The summed E-state index contributed by atoms with van der Waals surface area (Å²) in [6.07, 6.45) is 0.473. The van der Waals surface area contributed by atoms with Crippen molar-refractivity contribution in [2.75, 3.05) is 0 Å². The Labute approximate surface area is 85.9 Å². The molecule has 0 amide bonds. The fourth-order valence-electron chi connectivity index (χ4n) is 1.21. The van der Waals surface area contributed by atoms with E-state index in [9.17, 15) is 9.59 Å². The molecule has 4 heteroatoms. The highest BCUT2D eigenvalue weighted by Gasteiger charge is 2.15. The third-order valence-electron chi connectivity index (χ3n) is 1.89. The normalized spacial score (nSPS) is 9.21. The fourth-order valence-corrected chi connectivity index (χ4v) is 1.46. The number of aldehydes is 1. The number of aryl methyl sites for hydroxylation is 1. The van der Waals surface area contributed by atoms with Crippen LogP contribution in [0.15, 0.2) is 12.1 Å². The van der Waals surface area contributed by atoms with Crippen molar-refractivity contribution in [3.8, 4) is 6.07 Å². The molecule has 1 aromatic rings. The average molecular weight is 208 g/mol. The van der Waals surface area contributed by atoms with Gasteiger partial charge in [0.05, 0.1) is 11.6 Å². The summed E-state index contributed by atoms with van der Waals surface area (Å²) in [6.45, 7) is 1.66. The van der Waals surface area contributed by atoms with Gasteiger partial charge in [-0.1, -0.05) is 6.07 Å². The lowest BCUT2D eigenvalue weighted by Crippen LogP contribution is -2.02. The number of halogens is 1. The Morgan fingerprint density at radius 1 is 1.57 bits per heavy atom. The van der Waals surface area contributed by atoms with Crippen molar-refractivity contribution in [3.63, 3.8) is 0 Å². The summed E-state index contributed by atoms with van der Waals surface area (Å²) < 4.78 is 0. The van der Waals surface area contributed by atoms with Crippen molar-refractivity contribution < 1.29 is 9.59 Å². The number of hydrogen-bond acceptors (Lipinski definition) is 3. The quantitative estimate of drug-likeness (QED) is 0.551. The average Bonchev–Trinajstić information content (AvgIpc) is 2.16. The Hall–Kier alpha value is -1.66. The molecule has 0 aliphatic carbocycles. The smallest absolute Gasteiger partial charge is 0.253 e. The molecule has 0 aromatic heterocycles. The van der Waals surface area contributed by atoms with Gasteiger partial charge >= 0.3 is 0 Å². The number of nitrogens with zero attached hydrogens (tertiary/aromatic N) is 1. The molecular weight excluding hydrogens is 202 g/mol. The zero-order valence-electron chi connectivity index (χ0n) is 7.37. The summed E-state index contributed by atoms with van der Waals surface area (Å²) in [7, 11) is 0. The summed E-state index contributed by atoms with van der Waals surface area (Å²) in [4.78, 5) is 21.7. The maximum Gasteiger partial charge on any atom is 0.253 e. The van der Waals surface area contributed by atoms with Crippen molar-refractivity contribution in [2.24, 2.45) is 0 Å². The Kier molecular flexibility index (Phi) is 3.00. The van der Waals surface area contributed by atoms with Crippen LogP contribution in [0.2, 0.25) is 0 Å². The minimum atomic E-state index is -0.721. The molecule has 70 valence electrons. The van der Waals surface area contributed by atoms with Crippen molar-refractivity contribution in [2.45, 2.75) is 6.92 Å². The lowest BCUT2D eigenvalue weighted by Gasteiger charge is -2.04. The molecule has 0 aliphatic heterocycles. The van der Waals surface area contributed by atoms with Crippen LogP contribution in [0.4, 0.5) is 0 Å². The lowest BCUT2D eigenvalue weighted by atomic mass is 9.99. The molecule has 3 nitrogen and oxygen atoms in total. The SMILES string of the molecule is Cc1ccc(C#N)c(C=O)c1C(=O)Cl. The molecule has 1 rings (SSSR count). The predicted molar refractivity (Wildman–Crippen MR) is 51.5 cm³/mol.